The molecule has 1 aromatic rings. The fraction of sp³-hybridized carbons (Fsp3) is 0.538. The average Bonchev–Trinajstić information content (AvgIpc) is 2.38. The van der Waals surface area contributed by atoms with Crippen LogP contribution in [0.25, 0.3) is 0 Å². The van der Waals surface area contributed by atoms with E-state index in [0.717, 1.165) is 23.5 Å². The number of halogens is 1. The highest BCUT2D eigenvalue weighted by molar-refractivity contribution is 7.99. The molecule has 2 nitrogen and oxygen atoms in total. The number of ether oxygens (including phenoxy) is 1. The van der Waals surface area contributed by atoms with E-state index in [2.05, 4.69) is 12.2 Å². The molecule has 2 unspecified atom stereocenters. The zero-order valence-electron chi connectivity index (χ0n) is 10.2. The van der Waals surface area contributed by atoms with E-state index in [1.165, 1.54) is 7.11 Å². The molecule has 1 aliphatic heterocycles. The second-order valence-electron chi connectivity index (χ2n) is 4.26. The minimum absolute atomic E-state index is 0.249. The lowest BCUT2D eigenvalue weighted by Gasteiger charge is -2.30. The Bertz CT molecular complexity index is 386. The van der Waals surface area contributed by atoms with Crippen LogP contribution in [0.3, 0.4) is 0 Å². The first-order valence-electron chi connectivity index (χ1n) is 5.91. The summed E-state index contributed by atoms with van der Waals surface area (Å²) in [7, 11) is 1.49. The smallest absolute Gasteiger partial charge is 0.165 e. The van der Waals surface area contributed by atoms with Crippen molar-refractivity contribution >= 4 is 11.8 Å². The largest absolute Gasteiger partial charge is 0.494 e. The fourth-order valence-corrected chi connectivity index (χ4v) is 3.31. The van der Waals surface area contributed by atoms with Crippen molar-refractivity contribution < 1.29 is 9.13 Å². The molecule has 0 aromatic heterocycles. The molecule has 0 bridgehead atoms. The Hall–Kier alpha value is -0.740. The summed E-state index contributed by atoms with van der Waals surface area (Å²) in [5.74, 6) is 2.17. The molecule has 0 saturated carbocycles. The maximum Gasteiger partial charge on any atom is 0.165 e. The standard InChI is InChI=1S/C13H18FNOS/c1-3-10-7-17-8-12(15-10)9-4-5-13(16-2)11(14)6-9/h4-6,10,12,15H,3,7-8H2,1-2H3. The molecular weight excluding hydrogens is 237 g/mol. The van der Waals surface area contributed by atoms with Crippen molar-refractivity contribution in [2.45, 2.75) is 25.4 Å². The van der Waals surface area contributed by atoms with E-state index < -0.39 is 0 Å². The van der Waals surface area contributed by atoms with Crippen LogP contribution < -0.4 is 10.1 Å². The van der Waals surface area contributed by atoms with E-state index in [-0.39, 0.29) is 11.9 Å². The van der Waals surface area contributed by atoms with Gasteiger partial charge in [0.05, 0.1) is 7.11 Å². The van der Waals surface area contributed by atoms with E-state index in [9.17, 15) is 4.39 Å². The molecule has 2 rings (SSSR count). The topological polar surface area (TPSA) is 21.3 Å². The summed E-state index contributed by atoms with van der Waals surface area (Å²) in [6, 6.07) is 6.00. The van der Waals surface area contributed by atoms with Crippen LogP contribution in [0.5, 0.6) is 5.75 Å². The van der Waals surface area contributed by atoms with Gasteiger partial charge >= 0.3 is 0 Å². The van der Waals surface area contributed by atoms with Crippen molar-refractivity contribution in [2.24, 2.45) is 0 Å². The zero-order chi connectivity index (χ0) is 12.3. The highest BCUT2D eigenvalue weighted by atomic mass is 32.2. The van der Waals surface area contributed by atoms with Gasteiger partial charge in [0, 0.05) is 23.6 Å². The fourth-order valence-electron chi connectivity index (χ4n) is 2.04. The maximum absolute atomic E-state index is 13.6. The molecular formula is C13H18FNOS. The Morgan fingerprint density at radius 1 is 1.47 bits per heavy atom. The minimum Gasteiger partial charge on any atom is -0.494 e. The van der Waals surface area contributed by atoms with E-state index in [1.54, 1.807) is 12.1 Å². The number of hydrogen-bond acceptors (Lipinski definition) is 3. The molecule has 17 heavy (non-hydrogen) atoms. The lowest BCUT2D eigenvalue weighted by atomic mass is 10.1. The van der Waals surface area contributed by atoms with Crippen molar-refractivity contribution in [3.63, 3.8) is 0 Å². The first-order chi connectivity index (χ1) is 8.24. The molecule has 0 radical (unpaired) electrons. The lowest BCUT2D eigenvalue weighted by molar-refractivity contribution is 0.385. The molecule has 0 aliphatic carbocycles. The van der Waals surface area contributed by atoms with Gasteiger partial charge in [-0.3, -0.25) is 0 Å². The summed E-state index contributed by atoms with van der Waals surface area (Å²) in [5.41, 5.74) is 1.01. The van der Waals surface area contributed by atoms with Crippen LogP contribution in [-0.4, -0.2) is 24.7 Å². The average molecular weight is 255 g/mol. The lowest BCUT2D eigenvalue weighted by Crippen LogP contribution is -2.39. The summed E-state index contributed by atoms with van der Waals surface area (Å²) < 4.78 is 18.6. The third-order valence-corrected chi connectivity index (χ3v) is 4.32. The number of nitrogens with one attached hydrogen (secondary N) is 1. The van der Waals surface area contributed by atoms with Crippen molar-refractivity contribution in [3.05, 3.63) is 29.6 Å². The van der Waals surface area contributed by atoms with Gasteiger partial charge in [-0.25, -0.2) is 4.39 Å². The summed E-state index contributed by atoms with van der Waals surface area (Å²) in [4.78, 5) is 0. The van der Waals surface area contributed by atoms with E-state index >= 15 is 0 Å². The number of rotatable bonds is 3. The van der Waals surface area contributed by atoms with Crippen LogP contribution >= 0.6 is 11.8 Å². The maximum atomic E-state index is 13.6. The molecule has 0 spiro atoms. The molecule has 1 aromatic carbocycles. The van der Waals surface area contributed by atoms with Crippen LogP contribution in [0.2, 0.25) is 0 Å². The quantitative estimate of drug-likeness (QED) is 0.897. The van der Waals surface area contributed by atoms with Gasteiger partial charge in [0.15, 0.2) is 11.6 Å². The van der Waals surface area contributed by atoms with Crippen LogP contribution in [0.15, 0.2) is 18.2 Å². The van der Waals surface area contributed by atoms with Crippen LogP contribution in [0, 0.1) is 5.82 Å². The first kappa shape index (κ1) is 12.7. The molecule has 1 heterocycles. The van der Waals surface area contributed by atoms with Gasteiger partial charge in [-0.05, 0) is 24.1 Å². The molecule has 1 aliphatic rings. The first-order valence-corrected chi connectivity index (χ1v) is 7.07. The second-order valence-corrected chi connectivity index (χ2v) is 5.33. The Balaban J connectivity index is 2.13. The molecule has 4 heteroatoms. The molecule has 2 atom stereocenters. The van der Waals surface area contributed by atoms with E-state index in [0.29, 0.717) is 11.8 Å². The van der Waals surface area contributed by atoms with Gasteiger partial charge in [-0.15, -0.1) is 0 Å². The highest BCUT2D eigenvalue weighted by Crippen LogP contribution is 2.28. The van der Waals surface area contributed by atoms with Crippen molar-refractivity contribution in [2.75, 3.05) is 18.6 Å². The van der Waals surface area contributed by atoms with Crippen molar-refractivity contribution in [1.82, 2.24) is 5.32 Å². The molecule has 1 fully saturated rings. The SMILES string of the molecule is CCC1CSCC(c2ccc(OC)c(F)c2)N1. The number of hydrogen-bond donors (Lipinski definition) is 1. The van der Waals surface area contributed by atoms with Crippen LogP contribution in [0.1, 0.15) is 24.9 Å². The van der Waals surface area contributed by atoms with Gasteiger partial charge in [-0.1, -0.05) is 13.0 Å². The zero-order valence-corrected chi connectivity index (χ0v) is 11.0. The van der Waals surface area contributed by atoms with E-state index in [1.807, 2.05) is 17.8 Å². The van der Waals surface area contributed by atoms with Crippen molar-refractivity contribution in [3.8, 4) is 5.75 Å². The predicted octanol–water partition coefficient (Wildman–Crippen LogP) is 2.99. The number of benzene rings is 1. The Morgan fingerprint density at radius 3 is 2.94 bits per heavy atom. The van der Waals surface area contributed by atoms with E-state index in [4.69, 9.17) is 4.74 Å². The second kappa shape index (κ2) is 5.74. The summed E-state index contributed by atoms with van der Waals surface area (Å²) >= 11 is 1.93. The number of methoxy groups -OCH3 is 1. The van der Waals surface area contributed by atoms with Gasteiger partial charge in [0.25, 0.3) is 0 Å². The molecule has 0 amide bonds. The van der Waals surface area contributed by atoms with Crippen molar-refractivity contribution in [1.29, 1.82) is 0 Å². The third-order valence-electron chi connectivity index (χ3n) is 3.11. The molecule has 1 saturated heterocycles. The molecule has 94 valence electrons. The van der Waals surface area contributed by atoms with Crippen LogP contribution in [0.4, 0.5) is 4.39 Å². The minimum atomic E-state index is -0.282. The third kappa shape index (κ3) is 2.93. The number of thioether (sulfide) groups is 1. The Kier molecular flexibility index (Phi) is 4.29. The summed E-state index contributed by atoms with van der Waals surface area (Å²) in [5, 5.41) is 3.56. The Morgan fingerprint density at radius 2 is 2.29 bits per heavy atom. The molecule has 1 N–H and O–H groups in total. The van der Waals surface area contributed by atoms with Crippen LogP contribution in [-0.2, 0) is 0 Å². The summed E-state index contributed by atoms with van der Waals surface area (Å²) in [6.45, 7) is 2.18. The monoisotopic (exact) mass is 255 g/mol. The normalized spacial score (nSPS) is 24.6. The summed E-state index contributed by atoms with van der Waals surface area (Å²) in [6.07, 6.45) is 1.11. The Labute approximate surface area is 106 Å². The van der Waals surface area contributed by atoms with Gasteiger partial charge in [-0.2, -0.15) is 11.8 Å². The highest BCUT2D eigenvalue weighted by Gasteiger charge is 2.22. The van der Waals surface area contributed by atoms with Gasteiger partial charge < -0.3 is 10.1 Å². The predicted molar refractivity (Wildman–Crippen MR) is 70.2 cm³/mol. The van der Waals surface area contributed by atoms with Gasteiger partial charge in [0.2, 0.25) is 0 Å². The van der Waals surface area contributed by atoms with Gasteiger partial charge in [0.1, 0.15) is 0 Å².